The van der Waals surface area contributed by atoms with Crippen LogP contribution in [0.4, 0.5) is 0 Å². The van der Waals surface area contributed by atoms with E-state index >= 15 is 0 Å². The number of hydrogen-bond donors (Lipinski definition) is 0. The summed E-state index contributed by atoms with van der Waals surface area (Å²) in [6.45, 7) is 13.1. The van der Waals surface area contributed by atoms with Crippen LogP contribution in [-0.4, -0.2) is 37.6 Å². The third-order valence-corrected chi connectivity index (χ3v) is 33.0. The SMILES string of the molecule is C[CH2][Sn]([CH2]C)([CH2]C)[O]c1c(Cl)c(Cl)c([O][Sn]([CH2]C)([CH2]C)[CH2]C)c(Cl)c1Cl. The third-order valence-electron chi connectivity index (χ3n) is 5.69. The first-order valence-corrected chi connectivity index (χ1v) is 25.4. The van der Waals surface area contributed by atoms with Gasteiger partial charge in [0.1, 0.15) is 0 Å². The Labute approximate surface area is 188 Å². The molecule has 0 aliphatic carbocycles. The van der Waals surface area contributed by atoms with Gasteiger partial charge in [0, 0.05) is 0 Å². The van der Waals surface area contributed by atoms with Gasteiger partial charge < -0.3 is 0 Å². The molecule has 1 aromatic rings. The molecule has 1 rings (SSSR count). The fraction of sp³-hybridized carbons (Fsp3) is 0.667. The minimum absolute atomic E-state index is 0.330. The molecule has 0 atom stereocenters. The van der Waals surface area contributed by atoms with Gasteiger partial charge in [-0.15, -0.1) is 0 Å². The van der Waals surface area contributed by atoms with Gasteiger partial charge in [-0.3, -0.25) is 0 Å². The number of benzene rings is 1. The van der Waals surface area contributed by atoms with Gasteiger partial charge in [0.05, 0.1) is 0 Å². The Morgan fingerprint density at radius 2 is 0.692 bits per heavy atom. The Morgan fingerprint density at radius 3 is 0.846 bits per heavy atom. The Bertz CT molecular complexity index is 519. The summed E-state index contributed by atoms with van der Waals surface area (Å²) >= 11 is 20.8. The molecule has 0 aromatic heterocycles. The van der Waals surface area contributed by atoms with Crippen LogP contribution in [0.25, 0.3) is 0 Å². The van der Waals surface area contributed by atoms with Gasteiger partial charge in [0.25, 0.3) is 0 Å². The van der Waals surface area contributed by atoms with Crippen LogP contribution >= 0.6 is 46.4 Å². The topological polar surface area (TPSA) is 18.5 Å². The first-order chi connectivity index (χ1) is 12.2. The molecule has 0 aliphatic heterocycles. The molecule has 0 N–H and O–H groups in total. The van der Waals surface area contributed by atoms with Gasteiger partial charge in [0.15, 0.2) is 0 Å². The summed E-state index contributed by atoms with van der Waals surface area (Å²) in [7, 11) is 0. The monoisotopic (exact) mass is 658 g/mol. The van der Waals surface area contributed by atoms with Crippen molar-refractivity contribution < 1.29 is 6.15 Å². The van der Waals surface area contributed by atoms with Crippen molar-refractivity contribution in [3.8, 4) is 11.5 Å². The van der Waals surface area contributed by atoms with Crippen LogP contribution in [0.1, 0.15) is 41.5 Å². The fourth-order valence-corrected chi connectivity index (χ4v) is 19.5. The summed E-state index contributed by atoms with van der Waals surface area (Å²) in [4.78, 5) is 0. The zero-order valence-corrected chi connectivity index (χ0v) is 25.3. The molecular weight excluding hydrogens is 627 g/mol. The predicted octanol–water partition coefficient (Wildman–Crippen LogP) is 9.07. The van der Waals surface area contributed by atoms with E-state index in [0.717, 1.165) is 26.6 Å². The summed E-state index contributed by atoms with van der Waals surface area (Å²) in [5.41, 5.74) is 0. The van der Waals surface area contributed by atoms with E-state index < -0.39 is 37.6 Å². The van der Waals surface area contributed by atoms with E-state index in [4.69, 9.17) is 52.6 Å². The van der Waals surface area contributed by atoms with Crippen LogP contribution in [0.15, 0.2) is 0 Å². The summed E-state index contributed by atoms with van der Waals surface area (Å²) in [6, 6.07) is 0. The minimum atomic E-state index is -2.79. The molecule has 0 heterocycles. The van der Waals surface area contributed by atoms with Crippen molar-refractivity contribution in [3.05, 3.63) is 20.1 Å². The molecule has 2 nitrogen and oxygen atoms in total. The second kappa shape index (κ2) is 11.1. The standard InChI is InChI=1S/C6H2Cl4O2.6C2H5.2Sn/c7-1-2(8)6(12)4(10)3(9)5(1)11;6*1-2;;/h11-12H;6*1H2,2H3;;/q;;;;;;;2*+1/p-2. The fourth-order valence-electron chi connectivity index (χ4n) is 3.14. The normalized spacial score (nSPS) is 12.4. The van der Waals surface area contributed by atoms with Gasteiger partial charge in [-0.05, 0) is 0 Å². The molecule has 0 radical (unpaired) electrons. The van der Waals surface area contributed by atoms with Crippen LogP contribution in [-0.2, 0) is 0 Å². The third kappa shape index (κ3) is 5.38. The molecule has 1 aromatic carbocycles. The van der Waals surface area contributed by atoms with Gasteiger partial charge in [-0.2, -0.15) is 0 Å². The van der Waals surface area contributed by atoms with Crippen molar-refractivity contribution in [3.63, 3.8) is 0 Å². The van der Waals surface area contributed by atoms with Gasteiger partial charge in [0.2, 0.25) is 0 Å². The second-order valence-corrected chi connectivity index (χ2v) is 34.9. The average molecular weight is 658 g/mol. The first kappa shape index (κ1) is 25.6. The van der Waals surface area contributed by atoms with E-state index in [1.54, 1.807) is 0 Å². The summed E-state index contributed by atoms with van der Waals surface area (Å²) in [5, 5.41) is 1.32. The number of rotatable bonds is 10. The van der Waals surface area contributed by atoms with Crippen LogP contribution < -0.4 is 6.15 Å². The van der Waals surface area contributed by atoms with Crippen molar-refractivity contribution in [2.24, 2.45) is 0 Å². The second-order valence-electron chi connectivity index (χ2n) is 6.61. The molecule has 26 heavy (non-hydrogen) atoms. The molecule has 0 spiro atoms. The zero-order chi connectivity index (χ0) is 20.1. The van der Waals surface area contributed by atoms with Crippen molar-refractivity contribution in [1.82, 2.24) is 0 Å². The van der Waals surface area contributed by atoms with Crippen LogP contribution in [0, 0.1) is 0 Å². The Kier molecular flexibility index (Phi) is 10.9. The van der Waals surface area contributed by atoms with Gasteiger partial charge in [-0.25, -0.2) is 0 Å². The number of hydrogen-bond acceptors (Lipinski definition) is 2. The van der Waals surface area contributed by atoms with E-state index in [-0.39, 0.29) is 0 Å². The van der Waals surface area contributed by atoms with Crippen molar-refractivity contribution in [1.29, 1.82) is 0 Å². The van der Waals surface area contributed by atoms with E-state index in [1.807, 2.05) is 0 Å². The Hall–Kier alpha value is 1.58. The molecule has 0 amide bonds. The van der Waals surface area contributed by atoms with Crippen molar-refractivity contribution >= 4 is 84.0 Å². The molecule has 0 aliphatic rings. The van der Waals surface area contributed by atoms with Crippen LogP contribution in [0.2, 0.25) is 46.7 Å². The molecule has 150 valence electrons. The maximum absolute atomic E-state index is 6.59. The molecular formula is C18H30Cl4O2Sn2. The summed E-state index contributed by atoms with van der Waals surface area (Å²) in [6.07, 6.45) is 0. The van der Waals surface area contributed by atoms with Crippen molar-refractivity contribution in [2.45, 2.75) is 68.2 Å². The Morgan fingerprint density at radius 1 is 0.500 bits per heavy atom. The average Bonchev–Trinajstić information content (AvgIpc) is 2.68. The summed E-state index contributed by atoms with van der Waals surface area (Å²) in [5.74, 6) is 0.893. The van der Waals surface area contributed by atoms with Gasteiger partial charge in [-0.1, -0.05) is 0 Å². The van der Waals surface area contributed by atoms with Crippen molar-refractivity contribution in [2.75, 3.05) is 0 Å². The van der Waals surface area contributed by atoms with Crippen LogP contribution in [0.3, 0.4) is 0 Å². The van der Waals surface area contributed by atoms with Crippen LogP contribution in [0.5, 0.6) is 11.5 Å². The maximum atomic E-state index is 6.59. The predicted molar refractivity (Wildman–Crippen MR) is 122 cm³/mol. The van der Waals surface area contributed by atoms with E-state index in [2.05, 4.69) is 41.5 Å². The molecule has 0 fully saturated rings. The van der Waals surface area contributed by atoms with E-state index in [0.29, 0.717) is 31.6 Å². The summed E-state index contributed by atoms with van der Waals surface area (Å²) < 4.78 is 19.2. The molecule has 0 saturated carbocycles. The molecule has 0 saturated heterocycles. The molecule has 0 unspecified atom stereocenters. The molecule has 8 heteroatoms. The quantitative estimate of drug-likeness (QED) is 0.185. The first-order valence-electron chi connectivity index (χ1n) is 9.44. The van der Waals surface area contributed by atoms with E-state index in [9.17, 15) is 0 Å². The zero-order valence-electron chi connectivity index (χ0n) is 16.6. The molecule has 0 bridgehead atoms. The Balaban J connectivity index is 3.46. The number of halogens is 4. The van der Waals surface area contributed by atoms with Gasteiger partial charge >= 0.3 is 190 Å². The van der Waals surface area contributed by atoms with E-state index in [1.165, 1.54) is 0 Å².